The maximum atomic E-state index is 5.88. The highest BCUT2D eigenvalue weighted by Gasteiger charge is 2.41. The predicted octanol–water partition coefficient (Wildman–Crippen LogP) is 2.15. The van der Waals surface area contributed by atoms with Crippen LogP contribution in [0.1, 0.15) is 57.1 Å². The minimum Gasteiger partial charge on any atom is -0.376 e. The fourth-order valence-electron chi connectivity index (χ4n) is 3.19. The van der Waals surface area contributed by atoms with E-state index in [9.17, 15) is 0 Å². The Hall–Kier alpha value is -0.910. The summed E-state index contributed by atoms with van der Waals surface area (Å²) >= 11 is 0. The summed E-state index contributed by atoms with van der Waals surface area (Å²) in [5.74, 6) is 5.81. The number of ether oxygens (including phenoxy) is 1. The minimum atomic E-state index is -0.187. The second-order valence-corrected chi connectivity index (χ2v) is 5.47. The molecule has 0 amide bonds. The van der Waals surface area contributed by atoms with E-state index >= 15 is 0 Å². The van der Waals surface area contributed by atoms with Crippen LogP contribution in [0, 0.1) is 0 Å². The molecular formula is C14H26N4O. The van der Waals surface area contributed by atoms with Gasteiger partial charge in [-0.2, -0.15) is 5.10 Å². The molecule has 0 aliphatic heterocycles. The molecule has 1 aromatic heterocycles. The highest BCUT2D eigenvalue weighted by Crippen LogP contribution is 2.40. The van der Waals surface area contributed by atoms with Gasteiger partial charge >= 0.3 is 0 Å². The Bertz CT molecular complexity index is 385. The molecular weight excluding hydrogens is 240 g/mol. The van der Waals surface area contributed by atoms with Crippen LogP contribution >= 0.6 is 0 Å². The van der Waals surface area contributed by atoms with Crippen LogP contribution in [0.15, 0.2) is 12.4 Å². The van der Waals surface area contributed by atoms with Gasteiger partial charge in [-0.05, 0) is 19.3 Å². The molecule has 1 saturated carbocycles. The number of hydrogen-bond donors (Lipinski definition) is 2. The number of aryl methyl sites for hydroxylation is 1. The topological polar surface area (TPSA) is 65.1 Å². The van der Waals surface area contributed by atoms with E-state index in [1.165, 1.54) is 19.3 Å². The Morgan fingerprint density at radius 1 is 1.47 bits per heavy atom. The first-order valence-electron chi connectivity index (χ1n) is 7.29. The second kappa shape index (κ2) is 6.50. The van der Waals surface area contributed by atoms with Crippen LogP contribution in [0.3, 0.4) is 0 Å². The van der Waals surface area contributed by atoms with Gasteiger partial charge in [-0.3, -0.25) is 10.5 Å². The number of rotatable bonds is 6. The van der Waals surface area contributed by atoms with E-state index in [4.69, 9.17) is 10.6 Å². The fourth-order valence-corrected chi connectivity index (χ4v) is 3.19. The van der Waals surface area contributed by atoms with Crippen LogP contribution in [-0.2, 0) is 11.3 Å². The van der Waals surface area contributed by atoms with Gasteiger partial charge < -0.3 is 4.74 Å². The molecule has 19 heavy (non-hydrogen) atoms. The van der Waals surface area contributed by atoms with E-state index in [0.29, 0.717) is 0 Å². The lowest BCUT2D eigenvalue weighted by Crippen LogP contribution is -2.49. The zero-order chi connectivity index (χ0) is 13.7. The summed E-state index contributed by atoms with van der Waals surface area (Å²) in [6.45, 7) is 3.09. The number of hydrogen-bond acceptors (Lipinski definition) is 4. The third-order valence-corrected chi connectivity index (χ3v) is 4.24. The Kier molecular flexibility index (Phi) is 4.96. The number of nitrogens with one attached hydrogen (secondary N) is 1. The van der Waals surface area contributed by atoms with Gasteiger partial charge in [0.1, 0.15) is 0 Å². The molecule has 5 nitrogen and oxygen atoms in total. The minimum absolute atomic E-state index is 0.0170. The molecule has 0 spiro atoms. The van der Waals surface area contributed by atoms with Gasteiger partial charge in [0.05, 0.1) is 17.8 Å². The van der Waals surface area contributed by atoms with Crippen molar-refractivity contribution in [2.24, 2.45) is 5.84 Å². The molecule has 0 bridgehead atoms. The summed E-state index contributed by atoms with van der Waals surface area (Å²) in [6, 6.07) is 0.0170. The molecule has 1 aliphatic carbocycles. The zero-order valence-corrected chi connectivity index (χ0v) is 12.1. The summed E-state index contributed by atoms with van der Waals surface area (Å²) in [6.07, 6.45) is 10.9. The standard InChI is InChI=1S/C14H26N4O/c1-3-9-18-11-12(10-16-18)13(17-15)14(19-2)7-5-4-6-8-14/h10-11,13,17H,3-9,15H2,1-2H3. The van der Waals surface area contributed by atoms with Crippen LogP contribution in [0.25, 0.3) is 0 Å². The number of nitrogens with zero attached hydrogens (tertiary/aromatic N) is 2. The normalized spacial score (nSPS) is 20.4. The first-order chi connectivity index (χ1) is 9.25. The van der Waals surface area contributed by atoms with Crippen molar-refractivity contribution in [3.05, 3.63) is 18.0 Å². The van der Waals surface area contributed by atoms with Crippen molar-refractivity contribution < 1.29 is 4.74 Å². The predicted molar refractivity (Wildman–Crippen MR) is 75.4 cm³/mol. The van der Waals surface area contributed by atoms with Crippen molar-refractivity contribution in [2.45, 2.75) is 63.6 Å². The quantitative estimate of drug-likeness (QED) is 0.611. The lowest BCUT2D eigenvalue weighted by atomic mass is 9.77. The van der Waals surface area contributed by atoms with E-state index in [0.717, 1.165) is 31.4 Å². The van der Waals surface area contributed by atoms with E-state index < -0.39 is 0 Å². The van der Waals surface area contributed by atoms with Gasteiger partial charge in [0, 0.05) is 25.4 Å². The molecule has 0 aromatic carbocycles. The van der Waals surface area contributed by atoms with E-state index in [-0.39, 0.29) is 11.6 Å². The van der Waals surface area contributed by atoms with Crippen molar-refractivity contribution in [2.75, 3.05) is 7.11 Å². The Morgan fingerprint density at radius 3 is 2.79 bits per heavy atom. The van der Waals surface area contributed by atoms with Crippen molar-refractivity contribution in [3.63, 3.8) is 0 Å². The average Bonchev–Trinajstić information content (AvgIpc) is 2.89. The summed E-state index contributed by atoms with van der Waals surface area (Å²) in [7, 11) is 1.80. The lowest BCUT2D eigenvalue weighted by molar-refractivity contribution is -0.0688. The third-order valence-electron chi connectivity index (χ3n) is 4.24. The molecule has 1 aromatic rings. The first kappa shape index (κ1) is 14.5. The molecule has 0 radical (unpaired) electrons. The number of methoxy groups -OCH3 is 1. The second-order valence-electron chi connectivity index (χ2n) is 5.47. The monoisotopic (exact) mass is 266 g/mol. The largest absolute Gasteiger partial charge is 0.376 e. The number of aromatic nitrogens is 2. The first-order valence-corrected chi connectivity index (χ1v) is 7.29. The van der Waals surface area contributed by atoms with Crippen LogP contribution < -0.4 is 11.3 Å². The smallest absolute Gasteiger partial charge is 0.0886 e. The lowest BCUT2D eigenvalue weighted by Gasteiger charge is -2.41. The summed E-state index contributed by atoms with van der Waals surface area (Å²) in [5.41, 5.74) is 3.89. The highest BCUT2D eigenvalue weighted by molar-refractivity contribution is 5.16. The molecule has 1 heterocycles. The maximum Gasteiger partial charge on any atom is 0.0886 e. The zero-order valence-electron chi connectivity index (χ0n) is 12.1. The maximum absolute atomic E-state index is 5.88. The van der Waals surface area contributed by atoms with Gasteiger partial charge in [0.2, 0.25) is 0 Å². The van der Waals surface area contributed by atoms with Gasteiger partial charge in [0.15, 0.2) is 0 Å². The summed E-state index contributed by atoms with van der Waals surface area (Å²) < 4.78 is 7.85. The van der Waals surface area contributed by atoms with Crippen molar-refractivity contribution in [3.8, 4) is 0 Å². The van der Waals surface area contributed by atoms with Gasteiger partial charge in [-0.15, -0.1) is 0 Å². The SMILES string of the molecule is CCCn1cc(C(NN)C2(OC)CCCCC2)cn1. The molecule has 108 valence electrons. The fraction of sp³-hybridized carbons (Fsp3) is 0.786. The number of hydrazine groups is 1. The molecule has 0 saturated heterocycles. The van der Waals surface area contributed by atoms with Crippen LogP contribution in [-0.4, -0.2) is 22.5 Å². The molecule has 1 aliphatic rings. The van der Waals surface area contributed by atoms with Gasteiger partial charge in [0.25, 0.3) is 0 Å². The Balaban J connectivity index is 2.20. The highest BCUT2D eigenvalue weighted by atomic mass is 16.5. The van der Waals surface area contributed by atoms with Crippen molar-refractivity contribution in [1.29, 1.82) is 0 Å². The van der Waals surface area contributed by atoms with Gasteiger partial charge in [-0.1, -0.05) is 26.2 Å². The molecule has 2 rings (SSSR count). The molecule has 1 unspecified atom stereocenters. The summed E-state index contributed by atoms with van der Waals surface area (Å²) in [4.78, 5) is 0. The Morgan fingerprint density at radius 2 is 2.21 bits per heavy atom. The van der Waals surface area contributed by atoms with E-state index in [1.54, 1.807) is 7.11 Å². The number of nitrogens with two attached hydrogens (primary N) is 1. The van der Waals surface area contributed by atoms with Crippen LogP contribution in [0.2, 0.25) is 0 Å². The van der Waals surface area contributed by atoms with E-state index in [2.05, 4.69) is 23.6 Å². The molecule has 1 fully saturated rings. The van der Waals surface area contributed by atoms with Crippen LogP contribution in [0.4, 0.5) is 0 Å². The average molecular weight is 266 g/mol. The molecule has 5 heteroatoms. The van der Waals surface area contributed by atoms with Crippen molar-refractivity contribution >= 4 is 0 Å². The third kappa shape index (κ3) is 2.99. The van der Waals surface area contributed by atoms with Crippen LogP contribution in [0.5, 0.6) is 0 Å². The molecule has 1 atom stereocenters. The van der Waals surface area contributed by atoms with E-state index in [1.807, 2.05) is 10.9 Å². The molecule has 3 N–H and O–H groups in total. The van der Waals surface area contributed by atoms with Crippen molar-refractivity contribution in [1.82, 2.24) is 15.2 Å². The van der Waals surface area contributed by atoms with Gasteiger partial charge in [-0.25, -0.2) is 5.43 Å². The Labute approximate surface area is 115 Å². The summed E-state index contributed by atoms with van der Waals surface area (Å²) in [5, 5.41) is 4.40.